The van der Waals surface area contributed by atoms with Crippen LogP contribution in [0.2, 0.25) is 0 Å². The van der Waals surface area contributed by atoms with Crippen LogP contribution in [-0.4, -0.2) is 39.7 Å². The average Bonchev–Trinajstić information content (AvgIpc) is 2.63. The number of carbonyl (C=O) groups excluding carboxylic acids is 2. The lowest BCUT2D eigenvalue weighted by Crippen LogP contribution is -2.50. The third-order valence-corrected chi connectivity index (χ3v) is 1.92. The number of aryl methyl sites for hydroxylation is 1. The molecule has 0 aromatic carbocycles. The summed E-state index contributed by atoms with van der Waals surface area (Å²) in [5.74, 6) is -0.539. The standard InChI is InChI=1S/C9H14N4O3/c1-5-10-6(13-12-5)7(14)11-9(2,3)8(15)16-4/h1-4H3,(H,11,14)(H,10,12,13). The minimum Gasteiger partial charge on any atom is -0.467 e. The Morgan fingerprint density at radius 2 is 2.06 bits per heavy atom. The number of amides is 1. The van der Waals surface area contributed by atoms with Crippen LogP contribution >= 0.6 is 0 Å². The fourth-order valence-corrected chi connectivity index (χ4v) is 1.09. The number of rotatable bonds is 3. The first-order chi connectivity index (χ1) is 7.36. The van der Waals surface area contributed by atoms with Crippen molar-refractivity contribution in [3.05, 3.63) is 11.6 Å². The van der Waals surface area contributed by atoms with Crippen LogP contribution in [0.5, 0.6) is 0 Å². The Morgan fingerprint density at radius 1 is 1.44 bits per heavy atom. The van der Waals surface area contributed by atoms with E-state index < -0.39 is 17.4 Å². The molecule has 7 heteroatoms. The summed E-state index contributed by atoms with van der Waals surface area (Å²) in [5, 5.41) is 8.70. The van der Waals surface area contributed by atoms with Crippen LogP contribution in [0.3, 0.4) is 0 Å². The molecular formula is C9H14N4O3. The van der Waals surface area contributed by atoms with Crippen molar-refractivity contribution in [2.24, 2.45) is 0 Å². The molecule has 88 valence electrons. The highest BCUT2D eigenvalue weighted by Crippen LogP contribution is 2.05. The molecule has 0 atom stereocenters. The van der Waals surface area contributed by atoms with Gasteiger partial charge in [0.2, 0.25) is 5.82 Å². The quantitative estimate of drug-likeness (QED) is 0.695. The zero-order valence-electron chi connectivity index (χ0n) is 9.62. The number of nitrogens with one attached hydrogen (secondary N) is 2. The van der Waals surface area contributed by atoms with Crippen LogP contribution in [0.15, 0.2) is 0 Å². The number of ether oxygens (including phenoxy) is 1. The lowest BCUT2D eigenvalue weighted by atomic mass is 10.1. The largest absolute Gasteiger partial charge is 0.467 e. The van der Waals surface area contributed by atoms with Crippen LogP contribution in [0.1, 0.15) is 30.3 Å². The van der Waals surface area contributed by atoms with Gasteiger partial charge in [0, 0.05) is 0 Å². The molecule has 0 saturated carbocycles. The van der Waals surface area contributed by atoms with E-state index in [1.807, 2.05) is 0 Å². The summed E-state index contributed by atoms with van der Waals surface area (Å²) in [5.41, 5.74) is -1.11. The maximum Gasteiger partial charge on any atom is 0.330 e. The van der Waals surface area contributed by atoms with E-state index in [-0.39, 0.29) is 5.82 Å². The minimum atomic E-state index is -1.11. The van der Waals surface area contributed by atoms with Crippen LogP contribution in [0, 0.1) is 6.92 Å². The summed E-state index contributed by atoms with van der Waals surface area (Å²) in [6.07, 6.45) is 0. The van der Waals surface area contributed by atoms with E-state index in [4.69, 9.17) is 0 Å². The number of hydrogen-bond acceptors (Lipinski definition) is 5. The Labute approximate surface area is 92.6 Å². The predicted molar refractivity (Wildman–Crippen MR) is 54.7 cm³/mol. The number of esters is 1. The minimum absolute atomic E-state index is 0.00511. The molecule has 7 nitrogen and oxygen atoms in total. The molecule has 1 aromatic heterocycles. The summed E-state index contributed by atoms with van der Waals surface area (Å²) in [6.45, 7) is 4.75. The molecule has 1 rings (SSSR count). The van der Waals surface area contributed by atoms with Gasteiger partial charge < -0.3 is 10.1 Å². The normalized spacial score (nSPS) is 11.0. The zero-order valence-corrected chi connectivity index (χ0v) is 9.62. The van der Waals surface area contributed by atoms with Gasteiger partial charge in [-0.3, -0.25) is 9.89 Å². The number of aromatic nitrogens is 3. The van der Waals surface area contributed by atoms with Gasteiger partial charge in [0.1, 0.15) is 11.4 Å². The Bertz CT molecular complexity index is 411. The molecule has 1 heterocycles. The number of nitrogens with zero attached hydrogens (tertiary/aromatic N) is 2. The second-order valence-corrected chi connectivity index (χ2v) is 3.82. The van der Waals surface area contributed by atoms with Crippen molar-refractivity contribution < 1.29 is 14.3 Å². The van der Waals surface area contributed by atoms with Crippen molar-refractivity contribution >= 4 is 11.9 Å². The molecule has 0 aliphatic heterocycles. The number of methoxy groups -OCH3 is 1. The van der Waals surface area contributed by atoms with Crippen LogP contribution in [-0.2, 0) is 9.53 Å². The lowest BCUT2D eigenvalue weighted by Gasteiger charge is -2.21. The summed E-state index contributed by atoms with van der Waals surface area (Å²) in [6, 6.07) is 0. The third kappa shape index (κ3) is 2.56. The summed E-state index contributed by atoms with van der Waals surface area (Å²) in [7, 11) is 1.26. The number of carbonyl (C=O) groups is 2. The fraction of sp³-hybridized carbons (Fsp3) is 0.556. The predicted octanol–water partition coefficient (Wildman–Crippen LogP) is -0.205. The maximum atomic E-state index is 11.6. The van der Waals surface area contributed by atoms with Gasteiger partial charge in [-0.2, -0.15) is 0 Å². The molecule has 0 saturated heterocycles. The third-order valence-electron chi connectivity index (χ3n) is 1.92. The monoisotopic (exact) mass is 226 g/mol. The van der Waals surface area contributed by atoms with Gasteiger partial charge in [-0.05, 0) is 20.8 Å². The Hall–Kier alpha value is -1.92. The van der Waals surface area contributed by atoms with Gasteiger partial charge in [0.15, 0.2) is 0 Å². The van der Waals surface area contributed by atoms with Crippen molar-refractivity contribution in [2.75, 3.05) is 7.11 Å². The van der Waals surface area contributed by atoms with Crippen molar-refractivity contribution in [2.45, 2.75) is 26.3 Å². The van der Waals surface area contributed by atoms with E-state index in [2.05, 4.69) is 25.2 Å². The van der Waals surface area contributed by atoms with Crippen molar-refractivity contribution in [1.29, 1.82) is 0 Å². The maximum absolute atomic E-state index is 11.6. The van der Waals surface area contributed by atoms with Gasteiger partial charge in [0.25, 0.3) is 5.91 Å². The van der Waals surface area contributed by atoms with Crippen molar-refractivity contribution in [3.8, 4) is 0 Å². The van der Waals surface area contributed by atoms with E-state index in [1.165, 1.54) is 21.0 Å². The molecule has 2 N–H and O–H groups in total. The van der Waals surface area contributed by atoms with Crippen LogP contribution < -0.4 is 5.32 Å². The Morgan fingerprint density at radius 3 is 2.50 bits per heavy atom. The fourth-order valence-electron chi connectivity index (χ4n) is 1.09. The van der Waals surface area contributed by atoms with E-state index in [0.717, 1.165) is 0 Å². The molecule has 1 amide bonds. The smallest absolute Gasteiger partial charge is 0.330 e. The summed E-state index contributed by atoms with van der Waals surface area (Å²) in [4.78, 5) is 26.8. The van der Waals surface area contributed by atoms with E-state index in [1.54, 1.807) is 6.92 Å². The lowest BCUT2D eigenvalue weighted by molar-refractivity contribution is -0.146. The molecular weight excluding hydrogens is 212 g/mol. The SMILES string of the molecule is COC(=O)C(C)(C)NC(=O)c1n[nH]c(C)n1. The Kier molecular flexibility index (Phi) is 3.26. The van der Waals surface area contributed by atoms with Crippen LogP contribution in [0.4, 0.5) is 0 Å². The van der Waals surface area contributed by atoms with Crippen LogP contribution in [0.25, 0.3) is 0 Å². The Balaban J connectivity index is 2.75. The summed E-state index contributed by atoms with van der Waals surface area (Å²) < 4.78 is 4.55. The highest BCUT2D eigenvalue weighted by Gasteiger charge is 2.31. The first-order valence-corrected chi connectivity index (χ1v) is 4.67. The number of hydrogen-bond donors (Lipinski definition) is 2. The van der Waals surface area contributed by atoms with Gasteiger partial charge in [-0.1, -0.05) is 0 Å². The molecule has 0 spiro atoms. The molecule has 0 aliphatic carbocycles. The molecule has 0 bridgehead atoms. The van der Waals surface area contributed by atoms with Gasteiger partial charge >= 0.3 is 5.97 Å². The van der Waals surface area contributed by atoms with E-state index in [9.17, 15) is 9.59 Å². The topological polar surface area (TPSA) is 97.0 Å². The average molecular weight is 226 g/mol. The number of H-pyrrole nitrogens is 1. The molecule has 0 fully saturated rings. The van der Waals surface area contributed by atoms with Gasteiger partial charge in [-0.25, -0.2) is 9.78 Å². The molecule has 1 aromatic rings. The van der Waals surface area contributed by atoms with Gasteiger partial charge in [0.05, 0.1) is 7.11 Å². The second kappa shape index (κ2) is 4.30. The van der Waals surface area contributed by atoms with E-state index >= 15 is 0 Å². The second-order valence-electron chi connectivity index (χ2n) is 3.82. The van der Waals surface area contributed by atoms with E-state index in [0.29, 0.717) is 5.82 Å². The molecule has 0 radical (unpaired) electrons. The first kappa shape index (κ1) is 12.2. The van der Waals surface area contributed by atoms with Crippen molar-refractivity contribution in [3.63, 3.8) is 0 Å². The highest BCUT2D eigenvalue weighted by atomic mass is 16.5. The molecule has 0 aliphatic rings. The zero-order chi connectivity index (χ0) is 12.3. The molecule has 0 unspecified atom stereocenters. The first-order valence-electron chi connectivity index (χ1n) is 4.67. The van der Waals surface area contributed by atoms with Crippen molar-refractivity contribution in [1.82, 2.24) is 20.5 Å². The summed E-state index contributed by atoms with van der Waals surface area (Å²) >= 11 is 0. The highest BCUT2D eigenvalue weighted by molar-refractivity contribution is 5.95. The van der Waals surface area contributed by atoms with Gasteiger partial charge in [-0.15, -0.1) is 5.10 Å². The molecule has 16 heavy (non-hydrogen) atoms. The number of aromatic amines is 1.